The topological polar surface area (TPSA) is 112 Å². The molecule has 0 saturated carbocycles. The van der Waals surface area contributed by atoms with Crippen LogP contribution >= 0.6 is 0 Å². The van der Waals surface area contributed by atoms with Gasteiger partial charge in [-0.05, 0) is 19.1 Å². The van der Waals surface area contributed by atoms with Crippen LogP contribution in [0.1, 0.15) is 12.5 Å². The molecule has 10 heteroatoms. The van der Waals surface area contributed by atoms with E-state index in [1.807, 2.05) is 5.48 Å². The van der Waals surface area contributed by atoms with Gasteiger partial charge in [-0.15, -0.1) is 0 Å². The van der Waals surface area contributed by atoms with Gasteiger partial charge in [0.2, 0.25) is 10.0 Å². The van der Waals surface area contributed by atoms with E-state index in [0.29, 0.717) is 37.6 Å². The maximum Gasteiger partial charge on any atom is 0.270 e. The quantitative estimate of drug-likeness (QED) is 0.701. The molecule has 1 fully saturated rings. The molecule has 1 saturated heterocycles. The zero-order chi connectivity index (χ0) is 18.2. The summed E-state index contributed by atoms with van der Waals surface area (Å²) in [7, 11) is -2.10. The molecule has 3 rings (SSSR count). The Morgan fingerprint density at radius 2 is 1.84 bits per heavy atom. The van der Waals surface area contributed by atoms with Crippen LogP contribution in [0, 0.1) is 0 Å². The van der Waals surface area contributed by atoms with Gasteiger partial charge >= 0.3 is 0 Å². The number of nitrogens with zero attached hydrogens (tertiary/aromatic N) is 3. The first-order valence-corrected chi connectivity index (χ1v) is 9.21. The number of likely N-dealkylation sites (N-methyl/N-ethyl adjacent to an activating group) is 1. The molecule has 1 unspecified atom stereocenters. The van der Waals surface area contributed by atoms with Crippen LogP contribution in [0.25, 0.3) is 0 Å². The second kappa shape index (κ2) is 6.46. The molecule has 1 aromatic carbocycles. The molecule has 1 aromatic rings. The predicted octanol–water partition coefficient (Wildman–Crippen LogP) is -0.379. The average molecular weight is 368 g/mol. The molecule has 2 aliphatic rings. The van der Waals surface area contributed by atoms with Crippen LogP contribution < -0.4 is 5.48 Å². The molecule has 1 atom stereocenters. The van der Waals surface area contributed by atoms with E-state index in [2.05, 4.69) is 5.10 Å². The van der Waals surface area contributed by atoms with Crippen molar-refractivity contribution < 1.29 is 23.2 Å². The first kappa shape index (κ1) is 18.0. The van der Waals surface area contributed by atoms with Crippen molar-refractivity contribution in [2.24, 2.45) is 5.10 Å². The maximum atomic E-state index is 12.6. The van der Waals surface area contributed by atoms with E-state index in [1.54, 1.807) is 12.1 Å². The van der Waals surface area contributed by atoms with Crippen molar-refractivity contribution in [3.8, 4) is 0 Å². The van der Waals surface area contributed by atoms with Gasteiger partial charge in [0, 0.05) is 25.7 Å². The number of sulfonamides is 1. The summed E-state index contributed by atoms with van der Waals surface area (Å²) in [6.45, 7) is 2.91. The summed E-state index contributed by atoms with van der Waals surface area (Å²) in [5.74, 6) is -0.407. The lowest BCUT2D eigenvalue weighted by molar-refractivity contribution is -0.134. The van der Waals surface area contributed by atoms with Gasteiger partial charge in [0.05, 0.1) is 23.8 Å². The van der Waals surface area contributed by atoms with E-state index >= 15 is 0 Å². The molecule has 0 radical (unpaired) electrons. The third-order valence-corrected chi connectivity index (χ3v) is 6.32. The normalized spacial score (nSPS) is 25.3. The van der Waals surface area contributed by atoms with E-state index in [9.17, 15) is 18.4 Å². The number of benzene rings is 1. The van der Waals surface area contributed by atoms with Crippen molar-refractivity contribution in [1.82, 2.24) is 14.8 Å². The van der Waals surface area contributed by atoms with Gasteiger partial charge < -0.3 is 9.94 Å². The van der Waals surface area contributed by atoms with Crippen LogP contribution in [-0.4, -0.2) is 73.4 Å². The van der Waals surface area contributed by atoms with Crippen LogP contribution in [0.2, 0.25) is 0 Å². The molecule has 2 aliphatic heterocycles. The van der Waals surface area contributed by atoms with E-state index < -0.39 is 21.5 Å². The number of rotatable bonds is 4. The van der Waals surface area contributed by atoms with E-state index in [-0.39, 0.29) is 4.90 Å². The van der Waals surface area contributed by atoms with Crippen LogP contribution in [0.3, 0.4) is 0 Å². The van der Waals surface area contributed by atoms with Gasteiger partial charge in [-0.25, -0.2) is 13.4 Å². The van der Waals surface area contributed by atoms with Crippen molar-refractivity contribution in [3.05, 3.63) is 29.8 Å². The smallest absolute Gasteiger partial charge is 0.270 e. The van der Waals surface area contributed by atoms with Gasteiger partial charge in [0.1, 0.15) is 0 Å². The Morgan fingerprint density at radius 1 is 1.24 bits per heavy atom. The number of carbonyl (C=O) groups excluding carboxylic acids is 1. The molecule has 0 bridgehead atoms. The minimum absolute atomic E-state index is 0.162. The molecular weight excluding hydrogens is 348 g/mol. The maximum absolute atomic E-state index is 12.6. The van der Waals surface area contributed by atoms with Gasteiger partial charge in [0.25, 0.3) is 5.91 Å². The van der Waals surface area contributed by atoms with Crippen molar-refractivity contribution in [1.29, 1.82) is 0 Å². The highest BCUT2D eigenvalue weighted by atomic mass is 32.2. The second-order valence-electron chi connectivity index (χ2n) is 6.06. The highest BCUT2D eigenvalue weighted by molar-refractivity contribution is 7.89. The molecule has 2 N–H and O–H groups in total. The Labute approximate surface area is 145 Å². The molecule has 25 heavy (non-hydrogen) atoms. The lowest BCUT2D eigenvalue weighted by atomic mass is 9.91. The van der Waals surface area contributed by atoms with Crippen LogP contribution in [0.5, 0.6) is 0 Å². The van der Waals surface area contributed by atoms with E-state index in [1.165, 1.54) is 30.4 Å². The summed E-state index contributed by atoms with van der Waals surface area (Å²) in [5.41, 5.74) is 1.49. The van der Waals surface area contributed by atoms with Gasteiger partial charge in [0.15, 0.2) is 5.54 Å². The minimum Gasteiger partial charge on any atom is -0.379 e. The predicted molar refractivity (Wildman–Crippen MR) is 88.7 cm³/mol. The molecule has 0 aliphatic carbocycles. The number of carbonyl (C=O) groups is 1. The Kier molecular flexibility index (Phi) is 4.64. The first-order valence-electron chi connectivity index (χ1n) is 7.77. The third kappa shape index (κ3) is 2.96. The fourth-order valence-electron chi connectivity index (χ4n) is 2.89. The Hall–Kier alpha value is -1.85. The summed E-state index contributed by atoms with van der Waals surface area (Å²) in [5, 5.41) is 14.7. The molecule has 0 aromatic heterocycles. The van der Waals surface area contributed by atoms with Gasteiger partial charge in [-0.1, -0.05) is 12.1 Å². The fourth-order valence-corrected chi connectivity index (χ4v) is 4.30. The van der Waals surface area contributed by atoms with Crippen LogP contribution in [0.4, 0.5) is 0 Å². The fraction of sp³-hybridized carbons (Fsp3) is 0.467. The lowest BCUT2D eigenvalue weighted by Crippen LogP contribution is -2.53. The lowest BCUT2D eigenvalue weighted by Gasteiger charge is -2.26. The number of amides is 1. The van der Waals surface area contributed by atoms with Crippen LogP contribution in [0.15, 0.2) is 34.3 Å². The largest absolute Gasteiger partial charge is 0.379 e. The second-order valence-corrected chi connectivity index (χ2v) is 7.99. The summed E-state index contributed by atoms with van der Waals surface area (Å²) in [6, 6.07) is 6.11. The molecule has 1 amide bonds. The summed E-state index contributed by atoms with van der Waals surface area (Å²) >= 11 is 0. The highest BCUT2D eigenvalue weighted by Crippen LogP contribution is 2.25. The summed E-state index contributed by atoms with van der Waals surface area (Å²) in [6.07, 6.45) is 0. The Balaban J connectivity index is 1.90. The monoisotopic (exact) mass is 368 g/mol. The Bertz CT molecular complexity index is 802. The first-order chi connectivity index (χ1) is 11.8. The zero-order valence-electron chi connectivity index (χ0n) is 14.0. The minimum atomic E-state index is -3.59. The number of hydrazone groups is 1. The van der Waals surface area contributed by atoms with Crippen molar-refractivity contribution >= 4 is 21.6 Å². The molecule has 9 nitrogen and oxygen atoms in total. The molecular formula is C15H20N4O5S. The SMILES string of the molecule is CN1N=C(c2ccc(S(=O)(=O)N3CCOCC3)cc2)C(C)(NO)C1=O. The number of ether oxygens (including phenoxy) is 1. The summed E-state index contributed by atoms with van der Waals surface area (Å²) in [4.78, 5) is 12.3. The standard InChI is InChI=1S/C15H20N4O5S/c1-15(17-21)13(16-18(2)14(15)20)11-3-5-12(6-4-11)25(22,23)19-7-9-24-10-8-19/h3-6,17,21H,7-10H2,1-2H3. The molecule has 2 heterocycles. The van der Waals surface area contributed by atoms with Crippen molar-refractivity contribution in [3.63, 3.8) is 0 Å². The number of nitrogens with one attached hydrogen (secondary N) is 1. The van der Waals surface area contributed by atoms with Gasteiger partial charge in [-0.3, -0.25) is 4.79 Å². The molecule has 136 valence electrons. The summed E-state index contributed by atoms with van der Waals surface area (Å²) < 4.78 is 31.8. The number of morpholine rings is 1. The Morgan fingerprint density at radius 3 is 2.40 bits per heavy atom. The van der Waals surface area contributed by atoms with Gasteiger partial charge in [-0.2, -0.15) is 14.9 Å². The number of hydroxylamine groups is 1. The third-order valence-electron chi connectivity index (χ3n) is 4.40. The average Bonchev–Trinajstić information content (AvgIpc) is 2.87. The zero-order valence-corrected chi connectivity index (χ0v) is 14.8. The van der Waals surface area contributed by atoms with Crippen LogP contribution in [-0.2, 0) is 19.6 Å². The number of hydrogen-bond donors (Lipinski definition) is 2. The molecule has 0 spiro atoms. The van der Waals surface area contributed by atoms with Crippen molar-refractivity contribution in [2.75, 3.05) is 33.4 Å². The number of hydrogen-bond acceptors (Lipinski definition) is 7. The van der Waals surface area contributed by atoms with Crippen molar-refractivity contribution in [2.45, 2.75) is 17.4 Å². The highest BCUT2D eigenvalue weighted by Gasteiger charge is 2.46. The van der Waals surface area contributed by atoms with E-state index in [4.69, 9.17) is 4.74 Å². The van der Waals surface area contributed by atoms with E-state index in [0.717, 1.165) is 5.01 Å².